The molecule has 0 bridgehead atoms. The number of piperazine rings is 1. The van der Waals surface area contributed by atoms with Gasteiger partial charge in [-0.1, -0.05) is 68.1 Å². The van der Waals surface area contributed by atoms with Crippen LogP contribution in [0.15, 0.2) is 78.9 Å². The van der Waals surface area contributed by atoms with Crippen LogP contribution in [0.4, 0.5) is 11.4 Å². The summed E-state index contributed by atoms with van der Waals surface area (Å²) in [5, 5.41) is 3.00. The molecular formula is C31H35N3O2. The van der Waals surface area contributed by atoms with Gasteiger partial charge in [0.1, 0.15) is 0 Å². The molecule has 5 rings (SSSR count). The predicted octanol–water partition coefficient (Wildman–Crippen LogP) is 6.22. The Bertz CT molecular complexity index is 1140. The van der Waals surface area contributed by atoms with Crippen LogP contribution in [0.25, 0.3) is 11.1 Å². The van der Waals surface area contributed by atoms with Gasteiger partial charge >= 0.3 is 0 Å². The SMILES string of the molecule is O=C(Nc1ccc(N2CCN(C(=O)CCC3CCCC3)CC2)cc1)c1ccc(-c2ccccc2)cc1. The maximum atomic E-state index is 12.7. The molecule has 5 nitrogen and oxygen atoms in total. The normalized spacial score (nSPS) is 16.2. The van der Waals surface area contributed by atoms with Crippen molar-refractivity contribution in [1.82, 2.24) is 4.90 Å². The zero-order chi connectivity index (χ0) is 24.7. The Morgan fingerprint density at radius 3 is 2.06 bits per heavy atom. The Kier molecular flexibility index (Phi) is 7.65. The Hall–Kier alpha value is -3.60. The summed E-state index contributed by atoms with van der Waals surface area (Å²) in [5.74, 6) is 0.964. The molecule has 3 aromatic rings. The Balaban J connectivity index is 1.10. The Morgan fingerprint density at radius 2 is 1.39 bits per heavy atom. The summed E-state index contributed by atoms with van der Waals surface area (Å²) < 4.78 is 0. The molecule has 2 fully saturated rings. The lowest BCUT2D eigenvalue weighted by molar-refractivity contribution is -0.131. The van der Waals surface area contributed by atoms with Crippen molar-refractivity contribution < 1.29 is 9.59 Å². The smallest absolute Gasteiger partial charge is 0.255 e. The largest absolute Gasteiger partial charge is 0.368 e. The summed E-state index contributed by atoms with van der Waals surface area (Å²) in [6.07, 6.45) is 7.04. The number of nitrogens with one attached hydrogen (secondary N) is 1. The van der Waals surface area contributed by atoms with E-state index >= 15 is 0 Å². The van der Waals surface area contributed by atoms with Crippen molar-refractivity contribution in [1.29, 1.82) is 0 Å². The van der Waals surface area contributed by atoms with Crippen molar-refractivity contribution in [3.8, 4) is 11.1 Å². The Labute approximate surface area is 214 Å². The number of benzene rings is 3. The number of nitrogens with zero attached hydrogens (tertiary/aromatic N) is 2. The predicted molar refractivity (Wildman–Crippen MR) is 146 cm³/mol. The summed E-state index contributed by atoms with van der Waals surface area (Å²) >= 11 is 0. The van der Waals surface area contributed by atoms with Gasteiger partial charge in [0.2, 0.25) is 5.91 Å². The molecule has 1 saturated heterocycles. The number of hydrogen-bond acceptors (Lipinski definition) is 3. The molecule has 0 unspecified atom stereocenters. The second kappa shape index (κ2) is 11.4. The summed E-state index contributed by atoms with van der Waals surface area (Å²) in [6.45, 7) is 3.24. The molecule has 0 atom stereocenters. The fraction of sp³-hybridized carbons (Fsp3) is 0.355. The van der Waals surface area contributed by atoms with Crippen LogP contribution in [0.3, 0.4) is 0 Å². The van der Waals surface area contributed by atoms with Crippen LogP contribution in [-0.4, -0.2) is 42.9 Å². The van der Waals surface area contributed by atoms with Gasteiger partial charge in [-0.15, -0.1) is 0 Å². The third-order valence-electron chi connectivity index (χ3n) is 7.62. The number of amides is 2. The highest BCUT2D eigenvalue weighted by molar-refractivity contribution is 6.04. The molecule has 186 valence electrons. The average Bonchev–Trinajstić information content (AvgIpc) is 3.47. The van der Waals surface area contributed by atoms with E-state index in [0.29, 0.717) is 17.9 Å². The van der Waals surface area contributed by atoms with Gasteiger partial charge in [0.25, 0.3) is 5.91 Å². The highest BCUT2D eigenvalue weighted by Crippen LogP contribution is 2.29. The highest BCUT2D eigenvalue weighted by atomic mass is 16.2. The number of carbonyl (C=O) groups is 2. The van der Waals surface area contributed by atoms with Gasteiger partial charge in [-0.25, -0.2) is 0 Å². The second-order valence-corrected chi connectivity index (χ2v) is 10.0. The van der Waals surface area contributed by atoms with Crippen molar-refractivity contribution in [3.63, 3.8) is 0 Å². The van der Waals surface area contributed by atoms with Crippen LogP contribution in [0.2, 0.25) is 0 Å². The maximum absolute atomic E-state index is 12.7. The topological polar surface area (TPSA) is 52.7 Å². The van der Waals surface area contributed by atoms with E-state index in [1.54, 1.807) is 0 Å². The molecule has 36 heavy (non-hydrogen) atoms. The quantitative estimate of drug-likeness (QED) is 0.436. The lowest BCUT2D eigenvalue weighted by atomic mass is 10.0. The van der Waals surface area contributed by atoms with Crippen molar-refractivity contribution in [2.75, 3.05) is 36.4 Å². The average molecular weight is 482 g/mol. The first-order chi connectivity index (χ1) is 17.7. The third-order valence-corrected chi connectivity index (χ3v) is 7.62. The molecule has 0 aromatic heterocycles. The fourth-order valence-corrected chi connectivity index (χ4v) is 5.40. The third kappa shape index (κ3) is 5.96. The van der Waals surface area contributed by atoms with Gasteiger partial charge in [-0.05, 0) is 59.9 Å². The highest BCUT2D eigenvalue weighted by Gasteiger charge is 2.23. The van der Waals surface area contributed by atoms with Crippen LogP contribution in [0.5, 0.6) is 0 Å². The van der Waals surface area contributed by atoms with Gasteiger partial charge in [0.15, 0.2) is 0 Å². The van der Waals surface area contributed by atoms with Crippen LogP contribution >= 0.6 is 0 Å². The van der Waals surface area contributed by atoms with Crippen LogP contribution in [0, 0.1) is 5.92 Å². The van der Waals surface area contributed by atoms with Gasteiger partial charge in [0, 0.05) is 49.5 Å². The molecule has 2 amide bonds. The first-order valence-corrected chi connectivity index (χ1v) is 13.3. The van der Waals surface area contributed by atoms with E-state index in [1.807, 2.05) is 71.6 Å². The molecule has 0 radical (unpaired) electrons. The van der Waals surface area contributed by atoms with Crippen molar-refractivity contribution >= 4 is 23.2 Å². The van der Waals surface area contributed by atoms with Crippen molar-refractivity contribution in [2.45, 2.75) is 38.5 Å². The summed E-state index contributed by atoms with van der Waals surface area (Å²) in [7, 11) is 0. The summed E-state index contributed by atoms with van der Waals surface area (Å²) in [6, 6.07) is 25.8. The summed E-state index contributed by atoms with van der Waals surface area (Å²) in [5.41, 5.74) is 4.75. The number of hydrogen-bond donors (Lipinski definition) is 1. The van der Waals surface area contributed by atoms with Crippen LogP contribution in [0.1, 0.15) is 48.9 Å². The zero-order valence-corrected chi connectivity index (χ0v) is 20.9. The minimum absolute atomic E-state index is 0.118. The molecule has 0 spiro atoms. The molecular weight excluding hydrogens is 446 g/mol. The summed E-state index contributed by atoms with van der Waals surface area (Å²) in [4.78, 5) is 29.7. The van der Waals surface area contributed by atoms with Gasteiger partial charge in [0.05, 0.1) is 0 Å². The van der Waals surface area contributed by atoms with Gasteiger partial charge in [-0.2, -0.15) is 0 Å². The number of carbonyl (C=O) groups excluding carboxylic acids is 2. The first-order valence-electron chi connectivity index (χ1n) is 13.3. The standard InChI is InChI=1S/C31H35N3O2/c35-30(19-10-24-6-4-5-7-24)34-22-20-33(21-23-34)29-17-15-28(16-18-29)32-31(36)27-13-11-26(12-14-27)25-8-2-1-3-9-25/h1-3,8-9,11-18,24H,4-7,10,19-23H2,(H,32,36). The lowest BCUT2D eigenvalue weighted by Crippen LogP contribution is -2.48. The van der Waals surface area contributed by atoms with E-state index in [4.69, 9.17) is 0 Å². The lowest BCUT2D eigenvalue weighted by Gasteiger charge is -2.36. The minimum atomic E-state index is -0.118. The molecule has 1 saturated carbocycles. The Morgan fingerprint density at radius 1 is 0.750 bits per heavy atom. The molecule has 5 heteroatoms. The fourth-order valence-electron chi connectivity index (χ4n) is 5.40. The van der Waals surface area contributed by atoms with E-state index in [-0.39, 0.29) is 5.91 Å². The van der Waals surface area contributed by atoms with E-state index in [9.17, 15) is 9.59 Å². The molecule has 2 aliphatic rings. The minimum Gasteiger partial charge on any atom is -0.368 e. The van der Waals surface area contributed by atoms with E-state index in [1.165, 1.54) is 25.7 Å². The number of anilines is 2. The van der Waals surface area contributed by atoms with E-state index in [0.717, 1.165) is 61.0 Å². The van der Waals surface area contributed by atoms with Gasteiger partial charge < -0.3 is 15.1 Å². The molecule has 1 N–H and O–H groups in total. The number of rotatable bonds is 7. The van der Waals surface area contributed by atoms with Crippen molar-refractivity contribution in [3.05, 3.63) is 84.4 Å². The second-order valence-electron chi connectivity index (χ2n) is 10.0. The van der Waals surface area contributed by atoms with E-state index < -0.39 is 0 Å². The monoisotopic (exact) mass is 481 g/mol. The van der Waals surface area contributed by atoms with Crippen molar-refractivity contribution in [2.24, 2.45) is 5.92 Å². The molecule has 1 aliphatic heterocycles. The molecule has 3 aromatic carbocycles. The first kappa shape index (κ1) is 24.1. The molecule has 1 heterocycles. The van der Waals surface area contributed by atoms with E-state index in [2.05, 4.69) is 22.3 Å². The maximum Gasteiger partial charge on any atom is 0.255 e. The van der Waals surface area contributed by atoms with Crippen LogP contribution in [-0.2, 0) is 4.79 Å². The van der Waals surface area contributed by atoms with Gasteiger partial charge in [-0.3, -0.25) is 9.59 Å². The zero-order valence-electron chi connectivity index (χ0n) is 20.9. The van der Waals surface area contributed by atoms with Crippen LogP contribution < -0.4 is 10.2 Å². The molecule has 1 aliphatic carbocycles.